The maximum atomic E-state index is 5.94. The normalized spacial score (nSPS) is 19.4. The van der Waals surface area contributed by atoms with Gasteiger partial charge in [0.1, 0.15) is 0 Å². The van der Waals surface area contributed by atoms with Crippen LogP contribution < -0.4 is 5.32 Å². The quantitative estimate of drug-likeness (QED) is 0.752. The minimum absolute atomic E-state index is 0.486. The van der Waals surface area contributed by atoms with Crippen LogP contribution in [0.3, 0.4) is 0 Å². The highest BCUT2D eigenvalue weighted by atomic mass is 35.5. The van der Waals surface area contributed by atoms with E-state index in [4.69, 9.17) is 11.6 Å². The molecule has 2 heteroatoms. The Morgan fingerprint density at radius 2 is 2.43 bits per heavy atom. The molecule has 0 heterocycles. The van der Waals surface area contributed by atoms with Crippen molar-refractivity contribution in [1.29, 1.82) is 0 Å². The fourth-order valence-electron chi connectivity index (χ4n) is 2.02. The Labute approximate surface area is 89.8 Å². The molecule has 2 rings (SSSR count). The van der Waals surface area contributed by atoms with E-state index >= 15 is 0 Å². The van der Waals surface area contributed by atoms with Gasteiger partial charge in [0.25, 0.3) is 0 Å². The predicted molar refractivity (Wildman–Crippen MR) is 60.7 cm³/mol. The third kappa shape index (κ3) is 1.84. The van der Waals surface area contributed by atoms with Gasteiger partial charge in [-0.2, -0.15) is 0 Å². The van der Waals surface area contributed by atoms with Gasteiger partial charge in [-0.15, -0.1) is 6.58 Å². The first-order chi connectivity index (χ1) is 6.81. The molecule has 1 aliphatic carbocycles. The largest absolute Gasteiger partial charge is 0.306 e. The Balaban J connectivity index is 2.18. The van der Waals surface area contributed by atoms with Gasteiger partial charge >= 0.3 is 0 Å². The molecule has 14 heavy (non-hydrogen) atoms. The van der Waals surface area contributed by atoms with E-state index in [0.717, 1.165) is 18.0 Å². The molecular weight excluding hydrogens is 194 g/mol. The molecule has 0 fully saturated rings. The highest BCUT2D eigenvalue weighted by molar-refractivity contribution is 6.30. The Kier molecular flexibility index (Phi) is 2.90. The molecule has 0 aliphatic heterocycles. The maximum absolute atomic E-state index is 5.94. The molecule has 0 aromatic heterocycles. The van der Waals surface area contributed by atoms with Gasteiger partial charge in [-0.05, 0) is 36.1 Å². The first-order valence-corrected chi connectivity index (χ1v) is 5.31. The lowest BCUT2D eigenvalue weighted by molar-refractivity contribution is 0.564. The molecule has 0 spiro atoms. The lowest BCUT2D eigenvalue weighted by Crippen LogP contribution is -2.18. The number of benzene rings is 1. The average molecular weight is 208 g/mol. The van der Waals surface area contributed by atoms with Crippen molar-refractivity contribution in [3.05, 3.63) is 47.0 Å². The third-order valence-corrected chi connectivity index (χ3v) is 2.93. The van der Waals surface area contributed by atoms with Gasteiger partial charge in [-0.25, -0.2) is 0 Å². The predicted octanol–water partition coefficient (Wildman–Crippen LogP) is 3.10. The zero-order chi connectivity index (χ0) is 9.97. The van der Waals surface area contributed by atoms with Crippen LogP contribution in [0.1, 0.15) is 23.6 Å². The summed E-state index contributed by atoms with van der Waals surface area (Å²) < 4.78 is 0. The number of halogens is 1. The van der Waals surface area contributed by atoms with E-state index in [1.54, 1.807) is 0 Å². The van der Waals surface area contributed by atoms with E-state index in [1.807, 2.05) is 12.1 Å². The van der Waals surface area contributed by atoms with Gasteiger partial charge in [0.05, 0.1) is 0 Å². The number of nitrogens with one attached hydrogen (secondary N) is 1. The van der Waals surface area contributed by atoms with Crippen LogP contribution in [0.5, 0.6) is 0 Å². The average Bonchev–Trinajstić information content (AvgIpc) is 2.57. The van der Waals surface area contributed by atoms with Crippen molar-refractivity contribution in [3.63, 3.8) is 0 Å². The SMILES string of the molecule is C=CCNC1CCc2cc(Cl)ccc21. The van der Waals surface area contributed by atoms with Crippen LogP contribution in [0, 0.1) is 0 Å². The van der Waals surface area contributed by atoms with Crippen LogP contribution in [0.15, 0.2) is 30.9 Å². The minimum atomic E-state index is 0.486. The molecule has 0 radical (unpaired) electrons. The van der Waals surface area contributed by atoms with Crippen LogP contribution in [-0.2, 0) is 6.42 Å². The highest BCUT2D eigenvalue weighted by Gasteiger charge is 2.21. The van der Waals surface area contributed by atoms with Crippen molar-refractivity contribution in [3.8, 4) is 0 Å². The fraction of sp³-hybridized carbons (Fsp3) is 0.333. The van der Waals surface area contributed by atoms with Gasteiger partial charge in [0.2, 0.25) is 0 Å². The molecule has 1 atom stereocenters. The molecular formula is C12H14ClN. The zero-order valence-corrected chi connectivity index (χ0v) is 8.85. The Bertz CT molecular complexity index is 346. The molecule has 74 valence electrons. The zero-order valence-electron chi connectivity index (χ0n) is 8.09. The van der Waals surface area contributed by atoms with E-state index in [2.05, 4.69) is 24.0 Å². The van der Waals surface area contributed by atoms with Crippen molar-refractivity contribution in [2.45, 2.75) is 18.9 Å². The minimum Gasteiger partial charge on any atom is -0.306 e. The van der Waals surface area contributed by atoms with E-state index in [0.29, 0.717) is 6.04 Å². The number of fused-ring (bicyclic) bond motifs is 1. The van der Waals surface area contributed by atoms with Crippen molar-refractivity contribution in [2.24, 2.45) is 0 Å². The van der Waals surface area contributed by atoms with E-state index in [1.165, 1.54) is 17.5 Å². The Hall–Kier alpha value is -0.790. The maximum Gasteiger partial charge on any atom is 0.0408 e. The van der Waals surface area contributed by atoms with Crippen molar-refractivity contribution in [2.75, 3.05) is 6.54 Å². The van der Waals surface area contributed by atoms with Crippen molar-refractivity contribution >= 4 is 11.6 Å². The van der Waals surface area contributed by atoms with Gasteiger partial charge in [-0.1, -0.05) is 23.7 Å². The molecule has 1 unspecified atom stereocenters. The molecule has 0 saturated heterocycles. The number of hydrogen-bond acceptors (Lipinski definition) is 1. The standard InChI is InChI=1S/C12H14ClN/c1-2-7-14-12-6-3-9-8-10(13)4-5-11(9)12/h2,4-5,8,12,14H,1,3,6-7H2. The molecule has 0 bridgehead atoms. The summed E-state index contributed by atoms with van der Waals surface area (Å²) in [5, 5.41) is 4.29. The van der Waals surface area contributed by atoms with Crippen LogP contribution in [-0.4, -0.2) is 6.54 Å². The molecule has 1 nitrogen and oxygen atoms in total. The van der Waals surface area contributed by atoms with Crippen LogP contribution >= 0.6 is 11.6 Å². The molecule has 1 aromatic carbocycles. The summed E-state index contributed by atoms with van der Waals surface area (Å²) >= 11 is 5.94. The van der Waals surface area contributed by atoms with Crippen molar-refractivity contribution < 1.29 is 0 Å². The van der Waals surface area contributed by atoms with Crippen LogP contribution in [0.25, 0.3) is 0 Å². The molecule has 1 N–H and O–H groups in total. The fourth-order valence-corrected chi connectivity index (χ4v) is 2.22. The summed E-state index contributed by atoms with van der Waals surface area (Å²) in [5.41, 5.74) is 2.79. The second-order valence-corrected chi connectivity index (χ2v) is 4.07. The second-order valence-electron chi connectivity index (χ2n) is 3.63. The smallest absolute Gasteiger partial charge is 0.0408 e. The highest BCUT2D eigenvalue weighted by Crippen LogP contribution is 2.32. The monoisotopic (exact) mass is 207 g/mol. The van der Waals surface area contributed by atoms with Crippen molar-refractivity contribution in [1.82, 2.24) is 5.32 Å². The number of aryl methyl sites for hydroxylation is 1. The lowest BCUT2D eigenvalue weighted by atomic mass is 10.1. The number of rotatable bonds is 3. The lowest BCUT2D eigenvalue weighted by Gasteiger charge is -2.12. The first kappa shape index (κ1) is 9.75. The molecule has 1 aliphatic rings. The third-order valence-electron chi connectivity index (χ3n) is 2.69. The van der Waals surface area contributed by atoms with Crippen LogP contribution in [0.4, 0.5) is 0 Å². The summed E-state index contributed by atoms with van der Waals surface area (Å²) in [6.07, 6.45) is 4.20. The molecule has 0 saturated carbocycles. The summed E-state index contributed by atoms with van der Waals surface area (Å²) in [4.78, 5) is 0. The molecule has 0 amide bonds. The second kappa shape index (κ2) is 4.16. The van der Waals surface area contributed by atoms with Gasteiger partial charge < -0.3 is 5.32 Å². The van der Waals surface area contributed by atoms with E-state index in [-0.39, 0.29) is 0 Å². The number of hydrogen-bond donors (Lipinski definition) is 1. The van der Waals surface area contributed by atoms with Gasteiger partial charge in [0.15, 0.2) is 0 Å². The van der Waals surface area contributed by atoms with Gasteiger partial charge in [0, 0.05) is 17.6 Å². The van der Waals surface area contributed by atoms with E-state index < -0.39 is 0 Å². The summed E-state index contributed by atoms with van der Waals surface area (Å²) in [5.74, 6) is 0. The Morgan fingerprint density at radius 3 is 3.21 bits per heavy atom. The van der Waals surface area contributed by atoms with E-state index in [9.17, 15) is 0 Å². The van der Waals surface area contributed by atoms with Gasteiger partial charge in [-0.3, -0.25) is 0 Å². The summed E-state index contributed by atoms with van der Waals surface area (Å²) in [6.45, 7) is 4.58. The van der Waals surface area contributed by atoms with Crippen LogP contribution in [0.2, 0.25) is 5.02 Å². The molecule has 1 aromatic rings. The Morgan fingerprint density at radius 1 is 1.57 bits per heavy atom. The topological polar surface area (TPSA) is 12.0 Å². The first-order valence-electron chi connectivity index (χ1n) is 4.94. The summed E-state index contributed by atoms with van der Waals surface area (Å²) in [6, 6.07) is 6.66. The summed E-state index contributed by atoms with van der Waals surface area (Å²) in [7, 11) is 0.